The minimum atomic E-state index is -0.987. The average molecular weight is 188 g/mol. The van der Waals surface area contributed by atoms with Crippen molar-refractivity contribution in [2.24, 2.45) is 5.73 Å². The van der Waals surface area contributed by atoms with Crippen LogP contribution in [0.3, 0.4) is 0 Å². The molecular weight excluding hydrogens is 172 g/mol. The van der Waals surface area contributed by atoms with Crippen LogP contribution < -0.4 is 11.1 Å². The smallest absolute Gasteiger partial charge is 0.320 e. The van der Waals surface area contributed by atoms with Gasteiger partial charge in [-0.2, -0.15) is 0 Å². The largest absolute Gasteiger partial charge is 0.480 e. The third-order valence-corrected chi connectivity index (χ3v) is 1.86. The summed E-state index contributed by atoms with van der Waals surface area (Å²) < 4.78 is 0. The topological polar surface area (TPSA) is 92.4 Å². The lowest BCUT2D eigenvalue weighted by atomic mass is 10.0. The second-order valence-electron chi connectivity index (χ2n) is 3.43. The zero-order valence-corrected chi connectivity index (χ0v) is 8.13. The van der Waals surface area contributed by atoms with Gasteiger partial charge in [-0.15, -0.1) is 0 Å². The third-order valence-electron chi connectivity index (χ3n) is 1.86. The summed E-state index contributed by atoms with van der Waals surface area (Å²) in [5.41, 5.74) is 4.09. The lowest BCUT2D eigenvalue weighted by molar-refractivity contribution is -0.140. The number of carboxylic acid groups (broad SMARTS) is 1. The zero-order valence-electron chi connectivity index (χ0n) is 8.13. The lowest BCUT2D eigenvalue weighted by Crippen LogP contribution is -2.56. The van der Waals surface area contributed by atoms with Crippen molar-refractivity contribution < 1.29 is 14.7 Å². The number of nitrogens with two attached hydrogens (primary N) is 1. The number of amides is 1. The molecule has 4 N–H and O–H groups in total. The highest BCUT2D eigenvalue weighted by molar-refractivity contribution is 5.84. The molecule has 0 spiro atoms. The molecule has 0 aromatic rings. The summed E-state index contributed by atoms with van der Waals surface area (Å²) in [6.07, 6.45) is 0.409. The fourth-order valence-electron chi connectivity index (χ4n) is 0.845. The van der Waals surface area contributed by atoms with E-state index in [1.54, 1.807) is 20.8 Å². The first kappa shape index (κ1) is 11.9. The van der Waals surface area contributed by atoms with Crippen LogP contribution in [-0.2, 0) is 9.59 Å². The van der Waals surface area contributed by atoms with Crippen LogP contribution in [0.5, 0.6) is 0 Å². The first-order valence-electron chi connectivity index (χ1n) is 4.11. The normalized spacial score (nSPS) is 13.8. The first-order valence-corrected chi connectivity index (χ1v) is 4.11. The van der Waals surface area contributed by atoms with Crippen LogP contribution in [0, 0.1) is 0 Å². The summed E-state index contributed by atoms with van der Waals surface area (Å²) in [6.45, 7) is 4.84. The molecule has 0 bridgehead atoms. The van der Waals surface area contributed by atoms with Crippen LogP contribution in [0.1, 0.15) is 27.2 Å². The van der Waals surface area contributed by atoms with E-state index in [0.717, 1.165) is 0 Å². The Morgan fingerprint density at radius 3 is 2.23 bits per heavy atom. The van der Waals surface area contributed by atoms with Crippen LogP contribution in [0.2, 0.25) is 0 Å². The van der Waals surface area contributed by atoms with E-state index in [0.29, 0.717) is 6.42 Å². The molecule has 0 heterocycles. The predicted molar refractivity (Wildman–Crippen MR) is 48.1 cm³/mol. The number of rotatable bonds is 5. The molecule has 0 aliphatic heterocycles. The molecule has 13 heavy (non-hydrogen) atoms. The molecule has 1 unspecified atom stereocenters. The summed E-state index contributed by atoms with van der Waals surface area (Å²) in [5.74, 6) is -1.54. The molecule has 0 aromatic heterocycles. The molecule has 0 fully saturated rings. The lowest BCUT2D eigenvalue weighted by Gasteiger charge is -2.26. The molecule has 0 aliphatic carbocycles. The monoisotopic (exact) mass is 188 g/mol. The predicted octanol–water partition coefficient (Wildman–Crippen LogP) is -0.297. The van der Waals surface area contributed by atoms with Gasteiger partial charge in [-0.25, -0.2) is 0 Å². The van der Waals surface area contributed by atoms with Crippen LogP contribution in [0.4, 0.5) is 0 Å². The second kappa shape index (κ2) is 4.23. The van der Waals surface area contributed by atoms with Crippen molar-refractivity contribution in [1.82, 2.24) is 5.32 Å². The summed E-state index contributed by atoms with van der Waals surface area (Å²) in [6, 6.07) is -0.734. The van der Waals surface area contributed by atoms with Gasteiger partial charge in [-0.05, 0) is 20.3 Å². The van der Waals surface area contributed by atoms with Crippen molar-refractivity contribution in [3.63, 3.8) is 0 Å². The summed E-state index contributed by atoms with van der Waals surface area (Å²) in [7, 11) is 0. The van der Waals surface area contributed by atoms with Gasteiger partial charge in [0.25, 0.3) is 0 Å². The van der Waals surface area contributed by atoms with Crippen LogP contribution in [0.15, 0.2) is 0 Å². The maximum Gasteiger partial charge on any atom is 0.320 e. The molecule has 1 atom stereocenters. The minimum absolute atomic E-state index is 0.409. The number of hydrogen-bond acceptors (Lipinski definition) is 3. The number of nitrogens with one attached hydrogen (secondary N) is 1. The van der Waals surface area contributed by atoms with Crippen molar-refractivity contribution in [1.29, 1.82) is 0 Å². The van der Waals surface area contributed by atoms with E-state index >= 15 is 0 Å². The Morgan fingerprint density at radius 2 is 2.00 bits per heavy atom. The summed E-state index contributed by atoms with van der Waals surface area (Å²) in [4.78, 5) is 21.5. The molecule has 5 heteroatoms. The zero-order chi connectivity index (χ0) is 10.6. The Balaban J connectivity index is 4.39. The van der Waals surface area contributed by atoms with Crippen LogP contribution in [-0.4, -0.2) is 28.6 Å². The van der Waals surface area contributed by atoms with Crippen LogP contribution in [0.25, 0.3) is 0 Å². The Morgan fingerprint density at radius 1 is 1.54 bits per heavy atom. The van der Waals surface area contributed by atoms with Gasteiger partial charge in [-0.1, -0.05) is 6.92 Å². The molecule has 0 saturated heterocycles. The number of carbonyl (C=O) groups is 2. The maximum atomic E-state index is 10.9. The van der Waals surface area contributed by atoms with Gasteiger partial charge in [0.1, 0.15) is 6.04 Å². The van der Waals surface area contributed by atoms with Gasteiger partial charge in [0.2, 0.25) is 5.91 Å². The number of hydrogen-bond donors (Lipinski definition) is 3. The molecule has 0 radical (unpaired) electrons. The molecule has 0 rings (SSSR count). The van der Waals surface area contributed by atoms with Gasteiger partial charge in [0.05, 0.1) is 5.54 Å². The highest BCUT2D eigenvalue weighted by Crippen LogP contribution is 2.04. The van der Waals surface area contributed by atoms with Crippen molar-refractivity contribution in [3.8, 4) is 0 Å². The fraction of sp³-hybridized carbons (Fsp3) is 0.750. The van der Waals surface area contributed by atoms with E-state index in [1.807, 2.05) is 0 Å². The Labute approximate surface area is 77.3 Å². The molecule has 76 valence electrons. The van der Waals surface area contributed by atoms with Gasteiger partial charge in [0, 0.05) is 0 Å². The minimum Gasteiger partial charge on any atom is -0.480 e. The van der Waals surface area contributed by atoms with Crippen molar-refractivity contribution >= 4 is 11.9 Å². The number of primary amides is 1. The van der Waals surface area contributed by atoms with Crippen molar-refractivity contribution in [2.45, 2.75) is 38.8 Å². The highest BCUT2D eigenvalue weighted by Gasteiger charge is 2.29. The summed E-state index contributed by atoms with van der Waals surface area (Å²) >= 11 is 0. The van der Waals surface area contributed by atoms with Gasteiger partial charge in [0.15, 0.2) is 0 Å². The highest BCUT2D eigenvalue weighted by atomic mass is 16.4. The number of carbonyl (C=O) groups excluding carboxylic acids is 1. The first-order chi connectivity index (χ1) is 5.81. The van der Waals surface area contributed by atoms with Gasteiger partial charge in [-0.3, -0.25) is 14.9 Å². The van der Waals surface area contributed by atoms with Crippen molar-refractivity contribution in [3.05, 3.63) is 0 Å². The van der Waals surface area contributed by atoms with Crippen molar-refractivity contribution in [2.75, 3.05) is 0 Å². The molecule has 0 aromatic carbocycles. The SMILES string of the molecule is CCC(NC(C)(C)C(N)=O)C(=O)O. The summed E-state index contributed by atoms with van der Waals surface area (Å²) in [5, 5.41) is 11.4. The van der Waals surface area contributed by atoms with E-state index in [2.05, 4.69) is 5.32 Å². The molecule has 0 aliphatic rings. The molecule has 5 nitrogen and oxygen atoms in total. The quantitative estimate of drug-likeness (QED) is 0.552. The Kier molecular flexibility index (Phi) is 3.87. The number of aliphatic carboxylic acids is 1. The van der Waals surface area contributed by atoms with E-state index in [9.17, 15) is 9.59 Å². The Hall–Kier alpha value is -1.10. The van der Waals surface area contributed by atoms with Gasteiger partial charge >= 0.3 is 5.97 Å². The van der Waals surface area contributed by atoms with E-state index in [1.165, 1.54) is 0 Å². The van der Waals surface area contributed by atoms with Crippen LogP contribution >= 0.6 is 0 Å². The van der Waals surface area contributed by atoms with E-state index in [-0.39, 0.29) is 0 Å². The fourth-order valence-corrected chi connectivity index (χ4v) is 0.845. The maximum absolute atomic E-state index is 10.9. The Bertz CT molecular complexity index is 213. The molecular formula is C8H16N2O3. The standard InChI is InChI=1S/C8H16N2O3/c1-4-5(6(11)12)10-8(2,3)7(9)13/h5,10H,4H2,1-3H3,(H2,9,13)(H,11,12). The average Bonchev–Trinajstić information content (AvgIpc) is 1.99. The van der Waals surface area contributed by atoms with Gasteiger partial charge < -0.3 is 10.8 Å². The van der Waals surface area contributed by atoms with E-state index < -0.39 is 23.5 Å². The molecule has 1 amide bonds. The third kappa shape index (κ3) is 3.42. The molecule has 0 saturated carbocycles. The second-order valence-corrected chi connectivity index (χ2v) is 3.43. The number of carboxylic acids is 1. The van der Waals surface area contributed by atoms with E-state index in [4.69, 9.17) is 10.8 Å².